The van der Waals surface area contributed by atoms with Gasteiger partial charge in [0.1, 0.15) is 0 Å². The maximum atomic E-state index is 12.8. The van der Waals surface area contributed by atoms with Crippen LogP contribution in [0.4, 0.5) is 8.92 Å². The lowest BCUT2D eigenvalue weighted by molar-refractivity contribution is -0.130. The first-order chi connectivity index (χ1) is 6.79. The molecule has 0 amide bonds. The minimum Gasteiger partial charge on any atom is -0.408 e. The highest BCUT2D eigenvalue weighted by atomic mass is 19.3. The SMILES string of the molecule is B.ON=C(F)C(=NOF)c1ccccc1. The molecule has 0 saturated carbocycles. The van der Waals surface area contributed by atoms with Gasteiger partial charge in [-0.25, -0.2) is 0 Å². The maximum absolute atomic E-state index is 12.8. The molecular formula is C8H9BF2N2O2. The molecule has 0 aliphatic heterocycles. The molecule has 80 valence electrons. The summed E-state index contributed by atoms with van der Waals surface area (Å²) < 4.78 is 24.2. The smallest absolute Gasteiger partial charge is 0.279 e. The second kappa shape index (κ2) is 6.53. The molecule has 0 bridgehead atoms. The van der Waals surface area contributed by atoms with E-state index >= 15 is 0 Å². The molecule has 0 spiro atoms. The van der Waals surface area contributed by atoms with E-state index < -0.39 is 11.7 Å². The Labute approximate surface area is 86.3 Å². The van der Waals surface area contributed by atoms with Crippen LogP contribution in [0.2, 0.25) is 0 Å². The molecular weight excluding hydrogens is 205 g/mol. The summed E-state index contributed by atoms with van der Waals surface area (Å²) in [6.07, 6.45) is 0. The summed E-state index contributed by atoms with van der Waals surface area (Å²) in [6, 6.07) is 7.79. The molecule has 1 aromatic carbocycles. The monoisotopic (exact) mass is 214 g/mol. The lowest BCUT2D eigenvalue weighted by Gasteiger charge is -1.98. The third-order valence-corrected chi connectivity index (χ3v) is 1.46. The summed E-state index contributed by atoms with van der Waals surface area (Å²) in [7, 11) is 0. The van der Waals surface area contributed by atoms with Gasteiger partial charge in [-0.2, -0.15) is 9.43 Å². The molecule has 0 aliphatic carbocycles. The van der Waals surface area contributed by atoms with Crippen molar-refractivity contribution in [3.63, 3.8) is 0 Å². The van der Waals surface area contributed by atoms with Gasteiger partial charge in [0.2, 0.25) is 0 Å². The number of rotatable bonds is 3. The molecule has 0 radical (unpaired) electrons. The number of halogens is 2. The number of nitrogens with zero attached hydrogens (tertiary/aromatic N) is 2. The summed E-state index contributed by atoms with van der Waals surface area (Å²) in [5, 5.41) is 16.1. The predicted molar refractivity (Wildman–Crippen MR) is 55.4 cm³/mol. The first-order valence-corrected chi connectivity index (χ1v) is 3.58. The molecule has 0 fully saturated rings. The molecule has 0 aliphatic rings. The van der Waals surface area contributed by atoms with E-state index in [4.69, 9.17) is 5.21 Å². The Hall–Kier alpha value is -1.92. The molecule has 0 atom stereocenters. The van der Waals surface area contributed by atoms with Gasteiger partial charge in [0.25, 0.3) is 5.97 Å². The van der Waals surface area contributed by atoms with Gasteiger partial charge in [0.05, 0.1) is 8.41 Å². The zero-order chi connectivity index (χ0) is 10.4. The number of oxime groups is 2. The third kappa shape index (κ3) is 3.37. The first-order valence-electron chi connectivity index (χ1n) is 3.58. The summed E-state index contributed by atoms with van der Waals surface area (Å²) >= 11 is 0. The third-order valence-electron chi connectivity index (χ3n) is 1.46. The highest BCUT2D eigenvalue weighted by Gasteiger charge is 2.12. The average Bonchev–Trinajstić information content (AvgIpc) is 2.26. The Morgan fingerprint density at radius 1 is 1.27 bits per heavy atom. The van der Waals surface area contributed by atoms with Crippen LogP contribution >= 0.6 is 0 Å². The van der Waals surface area contributed by atoms with E-state index in [0.717, 1.165) is 0 Å². The second-order valence-corrected chi connectivity index (χ2v) is 2.27. The Bertz CT molecular complexity index is 357. The number of hydrogen-bond donors (Lipinski definition) is 1. The summed E-state index contributed by atoms with van der Waals surface area (Å²) in [6.45, 7) is 0. The normalized spacial score (nSPS) is 11.9. The van der Waals surface area contributed by atoms with E-state index in [1.54, 1.807) is 18.2 Å². The molecule has 0 unspecified atom stereocenters. The summed E-state index contributed by atoms with van der Waals surface area (Å²) in [5.74, 6) is -1.33. The fourth-order valence-electron chi connectivity index (χ4n) is 0.887. The van der Waals surface area contributed by atoms with Crippen LogP contribution in [-0.2, 0) is 5.04 Å². The van der Waals surface area contributed by atoms with E-state index in [0.29, 0.717) is 0 Å². The topological polar surface area (TPSA) is 54.2 Å². The minimum atomic E-state index is -1.33. The highest BCUT2D eigenvalue weighted by Crippen LogP contribution is 2.04. The molecule has 0 aromatic heterocycles. The van der Waals surface area contributed by atoms with Crippen LogP contribution in [0, 0.1) is 0 Å². The van der Waals surface area contributed by atoms with Crippen LogP contribution in [0.15, 0.2) is 40.6 Å². The van der Waals surface area contributed by atoms with Crippen molar-refractivity contribution in [2.45, 2.75) is 0 Å². The fourth-order valence-corrected chi connectivity index (χ4v) is 0.887. The van der Waals surface area contributed by atoms with Gasteiger partial charge in [0, 0.05) is 10.1 Å². The molecule has 1 aromatic rings. The standard InChI is InChI=1S/C8H6F2N2O2.BH3/c9-8(11-13)7(12-14-10)6-4-2-1-3-5-6;/h1-5,13H;1H3. The molecule has 0 heterocycles. The van der Waals surface area contributed by atoms with Gasteiger partial charge in [-0.05, 0) is 5.16 Å². The molecule has 0 saturated heterocycles. The van der Waals surface area contributed by atoms with Crippen molar-refractivity contribution in [3.05, 3.63) is 35.9 Å². The largest absolute Gasteiger partial charge is 0.408 e. The molecule has 15 heavy (non-hydrogen) atoms. The van der Waals surface area contributed by atoms with Crippen LogP contribution < -0.4 is 0 Å². The van der Waals surface area contributed by atoms with E-state index in [1.165, 1.54) is 12.1 Å². The number of benzene rings is 1. The van der Waals surface area contributed by atoms with Gasteiger partial charge < -0.3 is 5.21 Å². The zero-order valence-electron chi connectivity index (χ0n) is 6.89. The second-order valence-electron chi connectivity index (χ2n) is 2.27. The van der Waals surface area contributed by atoms with Crippen LogP contribution in [-0.4, -0.2) is 25.3 Å². The van der Waals surface area contributed by atoms with Crippen LogP contribution in [0.3, 0.4) is 0 Å². The average molecular weight is 214 g/mol. The quantitative estimate of drug-likeness (QED) is 0.351. The van der Waals surface area contributed by atoms with Crippen LogP contribution in [0.25, 0.3) is 0 Å². The zero-order valence-corrected chi connectivity index (χ0v) is 6.89. The van der Waals surface area contributed by atoms with Gasteiger partial charge >= 0.3 is 0 Å². The Morgan fingerprint density at radius 3 is 2.33 bits per heavy atom. The van der Waals surface area contributed by atoms with E-state index in [2.05, 4.69) is 15.4 Å². The Kier molecular flexibility index (Phi) is 5.69. The van der Waals surface area contributed by atoms with Crippen molar-refractivity contribution >= 4 is 20.1 Å². The summed E-state index contributed by atoms with van der Waals surface area (Å²) in [5.41, 5.74) is -0.281. The van der Waals surface area contributed by atoms with Crippen molar-refractivity contribution in [2.75, 3.05) is 0 Å². The van der Waals surface area contributed by atoms with Crippen molar-refractivity contribution in [3.8, 4) is 0 Å². The first kappa shape index (κ1) is 13.1. The number of hydrogen-bond acceptors (Lipinski definition) is 4. The molecule has 1 rings (SSSR count). The van der Waals surface area contributed by atoms with Gasteiger partial charge in [0.15, 0.2) is 5.71 Å². The lowest BCUT2D eigenvalue weighted by Crippen LogP contribution is -2.10. The van der Waals surface area contributed by atoms with E-state index in [-0.39, 0.29) is 14.0 Å². The predicted octanol–water partition coefficient (Wildman–Crippen LogP) is 0.865. The summed E-state index contributed by atoms with van der Waals surface area (Å²) in [4.78, 5) is 0. The maximum Gasteiger partial charge on any atom is 0.279 e. The fraction of sp³-hybridized carbons (Fsp3) is 0. The Balaban J connectivity index is 0.00000196. The minimum absolute atomic E-state index is 0. The van der Waals surface area contributed by atoms with Crippen molar-refractivity contribution in [1.82, 2.24) is 0 Å². The lowest BCUT2D eigenvalue weighted by atomic mass is 10.1. The van der Waals surface area contributed by atoms with Crippen molar-refractivity contribution in [1.29, 1.82) is 0 Å². The Morgan fingerprint density at radius 2 is 1.87 bits per heavy atom. The van der Waals surface area contributed by atoms with E-state index in [1.807, 2.05) is 0 Å². The molecule has 4 nitrogen and oxygen atoms in total. The molecule has 7 heteroatoms. The van der Waals surface area contributed by atoms with Crippen molar-refractivity contribution in [2.24, 2.45) is 10.3 Å². The van der Waals surface area contributed by atoms with Gasteiger partial charge in [-0.15, -0.1) is 0 Å². The molecule has 1 N–H and O–H groups in total. The van der Waals surface area contributed by atoms with Gasteiger partial charge in [-0.1, -0.05) is 35.5 Å². The van der Waals surface area contributed by atoms with Crippen LogP contribution in [0.1, 0.15) is 5.56 Å². The highest BCUT2D eigenvalue weighted by molar-refractivity contribution is 6.44. The van der Waals surface area contributed by atoms with Crippen molar-refractivity contribution < 1.29 is 19.2 Å². The van der Waals surface area contributed by atoms with E-state index in [9.17, 15) is 8.92 Å². The van der Waals surface area contributed by atoms with Crippen LogP contribution in [0.5, 0.6) is 0 Å². The van der Waals surface area contributed by atoms with Gasteiger partial charge in [-0.3, -0.25) is 0 Å².